The molecular formula is C15H26N2O3S. The van der Waals surface area contributed by atoms with Gasteiger partial charge in [-0.25, -0.2) is 13.1 Å². The van der Waals surface area contributed by atoms with Gasteiger partial charge in [0.2, 0.25) is 10.0 Å². The zero-order valence-corrected chi connectivity index (χ0v) is 14.1. The third kappa shape index (κ3) is 6.13. The molecule has 0 radical (unpaired) electrons. The van der Waals surface area contributed by atoms with E-state index in [0.717, 1.165) is 11.1 Å². The Morgan fingerprint density at radius 2 is 2.00 bits per heavy atom. The predicted molar refractivity (Wildman–Crippen MR) is 84.8 cm³/mol. The van der Waals surface area contributed by atoms with Crippen molar-refractivity contribution >= 4 is 10.0 Å². The predicted octanol–water partition coefficient (Wildman–Crippen LogP) is 1.81. The van der Waals surface area contributed by atoms with Crippen molar-refractivity contribution in [3.8, 4) is 0 Å². The minimum absolute atomic E-state index is 0.350. The zero-order chi connectivity index (χ0) is 15.9. The Morgan fingerprint density at radius 1 is 1.29 bits per heavy atom. The number of hydrogen-bond donors (Lipinski definition) is 2. The van der Waals surface area contributed by atoms with Gasteiger partial charge in [-0.2, -0.15) is 0 Å². The van der Waals surface area contributed by atoms with E-state index in [1.165, 1.54) is 0 Å². The van der Waals surface area contributed by atoms with Gasteiger partial charge in [-0.15, -0.1) is 0 Å². The molecule has 0 saturated heterocycles. The number of ether oxygens (including phenoxy) is 1. The van der Waals surface area contributed by atoms with Gasteiger partial charge in [0.25, 0.3) is 0 Å². The summed E-state index contributed by atoms with van der Waals surface area (Å²) < 4.78 is 32.2. The summed E-state index contributed by atoms with van der Waals surface area (Å²) in [5, 5.41) is 3.29. The van der Waals surface area contributed by atoms with Gasteiger partial charge in [0, 0.05) is 32.8 Å². The van der Waals surface area contributed by atoms with Gasteiger partial charge in [-0.3, -0.25) is 0 Å². The van der Waals surface area contributed by atoms with Crippen LogP contribution in [0.2, 0.25) is 0 Å². The van der Waals surface area contributed by atoms with Gasteiger partial charge >= 0.3 is 0 Å². The molecule has 0 aromatic heterocycles. The van der Waals surface area contributed by atoms with Crippen molar-refractivity contribution in [3.63, 3.8) is 0 Å². The van der Waals surface area contributed by atoms with Crippen LogP contribution >= 0.6 is 0 Å². The fraction of sp³-hybridized carbons (Fsp3) is 0.600. The van der Waals surface area contributed by atoms with Crippen LogP contribution in [0.1, 0.15) is 31.4 Å². The molecule has 21 heavy (non-hydrogen) atoms. The molecule has 5 nitrogen and oxygen atoms in total. The fourth-order valence-corrected chi connectivity index (χ4v) is 3.23. The normalized spacial score (nSPS) is 12.0. The van der Waals surface area contributed by atoms with E-state index in [1.54, 1.807) is 13.2 Å². The number of benzene rings is 1. The van der Waals surface area contributed by atoms with Crippen LogP contribution in [0.4, 0.5) is 0 Å². The highest BCUT2D eigenvalue weighted by molar-refractivity contribution is 7.89. The fourth-order valence-electron chi connectivity index (χ4n) is 1.87. The lowest BCUT2D eigenvalue weighted by molar-refractivity contribution is 0.196. The molecule has 0 aliphatic rings. The van der Waals surface area contributed by atoms with Crippen molar-refractivity contribution in [3.05, 3.63) is 29.3 Å². The number of aryl methyl sites for hydroxylation is 1. The molecular weight excluding hydrogens is 288 g/mol. The first-order valence-corrected chi connectivity index (χ1v) is 8.66. The Kier molecular flexibility index (Phi) is 7.31. The van der Waals surface area contributed by atoms with Gasteiger partial charge in [-0.1, -0.05) is 26.0 Å². The van der Waals surface area contributed by atoms with Gasteiger partial charge < -0.3 is 10.1 Å². The molecule has 1 aromatic rings. The van der Waals surface area contributed by atoms with Crippen molar-refractivity contribution in [1.82, 2.24) is 10.0 Å². The quantitative estimate of drug-likeness (QED) is 0.682. The van der Waals surface area contributed by atoms with Crippen LogP contribution in [0, 0.1) is 6.92 Å². The summed E-state index contributed by atoms with van der Waals surface area (Å²) in [6.45, 7) is 7.50. The summed E-state index contributed by atoms with van der Waals surface area (Å²) in [4.78, 5) is 0.350. The molecule has 0 spiro atoms. The lowest BCUT2D eigenvalue weighted by Gasteiger charge is -2.13. The number of nitrogens with one attached hydrogen (secondary N) is 2. The molecule has 0 aliphatic carbocycles. The molecule has 1 aromatic carbocycles. The molecule has 0 saturated carbocycles. The summed E-state index contributed by atoms with van der Waals surface area (Å²) >= 11 is 0. The maximum absolute atomic E-state index is 12.3. The second kappa shape index (κ2) is 8.48. The van der Waals surface area contributed by atoms with Crippen LogP contribution in [0.15, 0.2) is 23.1 Å². The van der Waals surface area contributed by atoms with Crippen LogP contribution in [0.25, 0.3) is 0 Å². The van der Waals surface area contributed by atoms with E-state index in [2.05, 4.69) is 23.9 Å². The Hall–Kier alpha value is -0.950. The summed E-state index contributed by atoms with van der Waals surface area (Å²) in [7, 11) is -1.86. The highest BCUT2D eigenvalue weighted by Gasteiger charge is 2.16. The maximum atomic E-state index is 12.3. The summed E-state index contributed by atoms with van der Waals surface area (Å²) in [6.07, 6.45) is 0.656. The van der Waals surface area contributed by atoms with E-state index in [1.807, 2.05) is 19.1 Å². The average molecular weight is 314 g/mol. The summed E-state index contributed by atoms with van der Waals surface area (Å²) in [5.41, 5.74) is 1.72. The third-order valence-electron chi connectivity index (χ3n) is 3.07. The topological polar surface area (TPSA) is 67.4 Å². The Balaban J connectivity index is 2.81. The van der Waals surface area contributed by atoms with E-state index in [0.29, 0.717) is 37.1 Å². The molecule has 0 fully saturated rings. The Labute approximate surface area is 128 Å². The first-order chi connectivity index (χ1) is 9.86. The number of sulfonamides is 1. The molecule has 2 N–H and O–H groups in total. The minimum atomic E-state index is -3.47. The first kappa shape index (κ1) is 18.1. The van der Waals surface area contributed by atoms with Gasteiger partial charge in [0.1, 0.15) is 0 Å². The van der Waals surface area contributed by atoms with Crippen molar-refractivity contribution in [2.45, 2.75) is 44.7 Å². The van der Waals surface area contributed by atoms with Crippen LogP contribution in [-0.4, -0.2) is 34.7 Å². The third-order valence-corrected chi connectivity index (χ3v) is 4.68. The van der Waals surface area contributed by atoms with E-state index in [4.69, 9.17) is 4.74 Å². The van der Waals surface area contributed by atoms with Gasteiger partial charge in [0.05, 0.1) is 4.90 Å². The molecule has 0 atom stereocenters. The van der Waals surface area contributed by atoms with Crippen LogP contribution < -0.4 is 10.0 Å². The first-order valence-electron chi connectivity index (χ1n) is 7.18. The number of rotatable bonds is 9. The highest BCUT2D eigenvalue weighted by Crippen LogP contribution is 2.17. The average Bonchev–Trinajstić information content (AvgIpc) is 2.42. The minimum Gasteiger partial charge on any atom is -0.385 e. The van der Waals surface area contributed by atoms with Crippen LogP contribution in [0.5, 0.6) is 0 Å². The van der Waals surface area contributed by atoms with Crippen molar-refractivity contribution in [2.24, 2.45) is 0 Å². The van der Waals surface area contributed by atoms with Gasteiger partial charge in [0.15, 0.2) is 0 Å². The van der Waals surface area contributed by atoms with Crippen LogP contribution in [0.3, 0.4) is 0 Å². The second-order valence-corrected chi connectivity index (χ2v) is 7.11. The molecule has 0 unspecified atom stereocenters. The SMILES string of the molecule is COCCCNS(=O)(=O)c1cc(CNC(C)C)ccc1C. The lowest BCUT2D eigenvalue weighted by atomic mass is 10.1. The van der Waals surface area contributed by atoms with E-state index in [9.17, 15) is 8.42 Å². The monoisotopic (exact) mass is 314 g/mol. The highest BCUT2D eigenvalue weighted by atomic mass is 32.2. The molecule has 0 bridgehead atoms. The zero-order valence-electron chi connectivity index (χ0n) is 13.3. The smallest absolute Gasteiger partial charge is 0.240 e. The largest absolute Gasteiger partial charge is 0.385 e. The Bertz CT molecular complexity index is 542. The molecule has 0 aliphatic heterocycles. The van der Waals surface area contributed by atoms with Gasteiger partial charge in [-0.05, 0) is 30.5 Å². The molecule has 1 rings (SSSR count). The van der Waals surface area contributed by atoms with E-state index >= 15 is 0 Å². The van der Waals surface area contributed by atoms with Crippen molar-refractivity contribution in [1.29, 1.82) is 0 Å². The number of hydrogen-bond acceptors (Lipinski definition) is 4. The van der Waals surface area contributed by atoms with E-state index in [-0.39, 0.29) is 0 Å². The maximum Gasteiger partial charge on any atom is 0.240 e. The summed E-state index contributed by atoms with van der Waals surface area (Å²) in [5.74, 6) is 0. The molecule has 0 heterocycles. The lowest BCUT2D eigenvalue weighted by Crippen LogP contribution is -2.27. The van der Waals surface area contributed by atoms with Crippen molar-refractivity contribution in [2.75, 3.05) is 20.3 Å². The molecule has 6 heteroatoms. The van der Waals surface area contributed by atoms with Crippen LogP contribution in [-0.2, 0) is 21.3 Å². The standard InChI is InChI=1S/C15H26N2O3S/c1-12(2)16-11-14-7-6-13(3)15(10-14)21(18,19)17-8-5-9-20-4/h6-7,10,12,16-17H,5,8-9,11H2,1-4H3. The summed E-state index contributed by atoms with van der Waals surface area (Å²) in [6, 6.07) is 5.90. The molecule has 120 valence electrons. The molecule has 0 amide bonds. The van der Waals surface area contributed by atoms with E-state index < -0.39 is 10.0 Å². The Morgan fingerprint density at radius 3 is 2.62 bits per heavy atom. The van der Waals surface area contributed by atoms with Crippen molar-refractivity contribution < 1.29 is 13.2 Å². The second-order valence-electron chi connectivity index (χ2n) is 5.38. The number of methoxy groups -OCH3 is 1.